The molecule has 0 bridgehead atoms. The van der Waals surface area contributed by atoms with Gasteiger partial charge >= 0.3 is 0 Å². The molecule has 0 saturated carbocycles. The van der Waals surface area contributed by atoms with E-state index in [1.165, 1.54) is 0 Å². The lowest BCUT2D eigenvalue weighted by Crippen LogP contribution is -2.00. The van der Waals surface area contributed by atoms with Crippen molar-refractivity contribution in [3.8, 4) is 67.0 Å². The molecule has 0 aliphatic heterocycles. The third-order valence-corrected chi connectivity index (χ3v) is 9.69. The highest BCUT2D eigenvalue weighted by Gasteiger charge is 2.18. The Morgan fingerprint density at radius 2 is 1.00 bits per heavy atom. The van der Waals surface area contributed by atoms with Crippen molar-refractivity contribution < 1.29 is 0 Å². The van der Waals surface area contributed by atoms with Crippen LogP contribution in [0.5, 0.6) is 0 Å². The number of nitrogens with zero attached hydrogens (tertiary/aromatic N) is 5. The average Bonchev–Trinajstić information content (AvgIpc) is 3.62. The van der Waals surface area contributed by atoms with Crippen LogP contribution in [-0.4, -0.2) is 24.9 Å². The van der Waals surface area contributed by atoms with Crippen molar-refractivity contribution in [2.45, 2.75) is 0 Å². The van der Waals surface area contributed by atoms with Crippen molar-refractivity contribution in [1.29, 1.82) is 0 Å². The highest BCUT2D eigenvalue weighted by Crippen LogP contribution is 2.40. The largest absolute Gasteiger partial charge is 0.256 e. The van der Waals surface area contributed by atoms with E-state index in [-0.39, 0.29) is 0 Å². The van der Waals surface area contributed by atoms with E-state index in [1.54, 1.807) is 11.3 Å². The van der Waals surface area contributed by atoms with Gasteiger partial charge in [0.1, 0.15) is 5.01 Å². The molecule has 0 spiro atoms. The highest BCUT2D eigenvalue weighted by molar-refractivity contribution is 7.21. The Balaban J connectivity index is 1.25. The third kappa shape index (κ3) is 5.54. The molecule has 0 saturated heterocycles. The van der Waals surface area contributed by atoms with E-state index in [0.29, 0.717) is 17.5 Å². The minimum Gasteiger partial charge on any atom is -0.256 e. The zero-order valence-corrected chi connectivity index (χ0v) is 27.0. The van der Waals surface area contributed by atoms with E-state index in [4.69, 9.17) is 24.9 Å². The molecule has 0 fully saturated rings. The number of hydrogen-bond donors (Lipinski definition) is 0. The molecule has 9 rings (SSSR count). The van der Waals surface area contributed by atoms with Crippen molar-refractivity contribution in [2.24, 2.45) is 0 Å². The van der Waals surface area contributed by atoms with Crippen molar-refractivity contribution in [3.63, 3.8) is 0 Å². The Labute approximate surface area is 287 Å². The van der Waals surface area contributed by atoms with E-state index in [9.17, 15) is 0 Å². The summed E-state index contributed by atoms with van der Waals surface area (Å²) in [5.41, 5.74) is 10.1. The second-order valence-electron chi connectivity index (χ2n) is 11.7. The van der Waals surface area contributed by atoms with Gasteiger partial charge in [0.15, 0.2) is 17.5 Å². The minimum atomic E-state index is 0.610. The van der Waals surface area contributed by atoms with Gasteiger partial charge in [-0.05, 0) is 41.0 Å². The van der Waals surface area contributed by atoms with Crippen LogP contribution in [0.25, 0.3) is 88.1 Å². The van der Waals surface area contributed by atoms with E-state index in [1.807, 2.05) is 79.0 Å². The summed E-state index contributed by atoms with van der Waals surface area (Å²) >= 11 is 1.71. The maximum Gasteiger partial charge on any atom is 0.164 e. The van der Waals surface area contributed by atoms with E-state index in [2.05, 4.69) is 84.9 Å². The first-order chi connectivity index (χ1) is 24.3. The molecule has 0 radical (unpaired) electrons. The van der Waals surface area contributed by atoms with Gasteiger partial charge in [0.25, 0.3) is 0 Å². The van der Waals surface area contributed by atoms with Crippen LogP contribution in [0.15, 0.2) is 164 Å². The number of para-hydroxylation sites is 1. The molecule has 6 heteroatoms. The fourth-order valence-electron chi connectivity index (χ4n) is 6.21. The summed E-state index contributed by atoms with van der Waals surface area (Å²) in [6.45, 7) is 0. The van der Waals surface area contributed by atoms with Gasteiger partial charge in [-0.3, -0.25) is 4.98 Å². The third-order valence-electron chi connectivity index (χ3n) is 8.62. The van der Waals surface area contributed by atoms with Gasteiger partial charge in [0.05, 0.1) is 15.7 Å². The number of fused-ring (bicyclic) bond motifs is 2. The SMILES string of the molecule is c1ccc(-c2nc(-c3ccccc3)nc(-c3ccc(-c4ccc5nc(-c6ccccc6)sc5c4)c(-c4cccc5cccnc45)c3)n2)cc1. The Morgan fingerprint density at radius 3 is 1.69 bits per heavy atom. The van der Waals surface area contributed by atoms with E-state index < -0.39 is 0 Å². The first-order valence-electron chi connectivity index (χ1n) is 16.1. The first-order valence-corrected chi connectivity index (χ1v) is 16.9. The highest BCUT2D eigenvalue weighted by atomic mass is 32.1. The number of aromatic nitrogens is 5. The molecule has 6 aromatic carbocycles. The maximum atomic E-state index is 5.03. The molecule has 0 unspecified atom stereocenters. The summed E-state index contributed by atoms with van der Waals surface area (Å²) in [5, 5.41) is 2.10. The monoisotopic (exact) mass is 645 g/mol. The Bertz CT molecular complexity index is 2540. The van der Waals surface area contributed by atoms with Crippen molar-refractivity contribution in [3.05, 3.63) is 164 Å². The number of pyridine rings is 1. The second-order valence-corrected chi connectivity index (χ2v) is 12.8. The standard InChI is InChI=1S/C43H27N5S/c1-4-12-29(13-5-1)40-46-41(30-14-6-2-7-15-30)48-42(47-40)33-21-23-34(36(26-33)35-20-10-18-28-19-11-25-44-39(28)35)32-22-24-37-38(27-32)49-43(45-37)31-16-8-3-9-17-31/h1-27H. The number of benzene rings is 6. The summed E-state index contributed by atoms with van der Waals surface area (Å²) in [5.74, 6) is 1.87. The first kappa shape index (κ1) is 28.8. The van der Waals surface area contributed by atoms with Gasteiger partial charge in [-0.25, -0.2) is 19.9 Å². The molecule has 0 aliphatic carbocycles. The maximum absolute atomic E-state index is 5.03. The summed E-state index contributed by atoms with van der Waals surface area (Å²) in [4.78, 5) is 24.7. The lowest BCUT2D eigenvalue weighted by Gasteiger charge is -2.15. The fourth-order valence-corrected chi connectivity index (χ4v) is 7.22. The Hall–Kier alpha value is -6.37. The van der Waals surface area contributed by atoms with E-state index in [0.717, 1.165) is 70.6 Å². The van der Waals surface area contributed by atoms with Crippen molar-refractivity contribution >= 4 is 32.5 Å². The second kappa shape index (κ2) is 12.3. The van der Waals surface area contributed by atoms with Gasteiger partial charge in [0, 0.05) is 39.4 Å². The molecule has 3 aromatic heterocycles. The van der Waals surface area contributed by atoms with Crippen LogP contribution < -0.4 is 0 Å². The molecule has 0 N–H and O–H groups in total. The van der Waals surface area contributed by atoms with Crippen LogP contribution in [0.4, 0.5) is 0 Å². The number of hydrogen-bond acceptors (Lipinski definition) is 6. The molecular formula is C43H27N5S. The van der Waals surface area contributed by atoms with Gasteiger partial charge < -0.3 is 0 Å². The van der Waals surface area contributed by atoms with Crippen LogP contribution in [0.3, 0.4) is 0 Å². The van der Waals surface area contributed by atoms with Crippen LogP contribution in [0.2, 0.25) is 0 Å². The molecular weight excluding hydrogens is 619 g/mol. The van der Waals surface area contributed by atoms with Crippen LogP contribution in [0.1, 0.15) is 0 Å². The zero-order chi connectivity index (χ0) is 32.6. The molecule has 230 valence electrons. The average molecular weight is 646 g/mol. The topological polar surface area (TPSA) is 64.5 Å². The molecule has 0 aliphatic rings. The summed E-state index contributed by atoms with van der Waals surface area (Å²) in [6, 6.07) is 54.0. The quantitative estimate of drug-likeness (QED) is 0.180. The molecule has 0 atom stereocenters. The minimum absolute atomic E-state index is 0.610. The van der Waals surface area contributed by atoms with Crippen molar-refractivity contribution in [2.75, 3.05) is 0 Å². The number of rotatable bonds is 6. The van der Waals surface area contributed by atoms with E-state index >= 15 is 0 Å². The van der Waals surface area contributed by atoms with Crippen LogP contribution >= 0.6 is 11.3 Å². The lowest BCUT2D eigenvalue weighted by molar-refractivity contribution is 1.07. The van der Waals surface area contributed by atoms with Gasteiger partial charge in [-0.15, -0.1) is 11.3 Å². The number of thiazole rings is 1. The summed E-state index contributed by atoms with van der Waals surface area (Å²) < 4.78 is 1.14. The summed E-state index contributed by atoms with van der Waals surface area (Å²) in [7, 11) is 0. The Morgan fingerprint density at radius 1 is 0.388 bits per heavy atom. The molecule has 3 heterocycles. The molecule has 9 aromatic rings. The molecule has 49 heavy (non-hydrogen) atoms. The van der Waals surface area contributed by atoms with Crippen LogP contribution in [0, 0.1) is 0 Å². The predicted molar refractivity (Wildman–Crippen MR) is 201 cm³/mol. The molecule has 5 nitrogen and oxygen atoms in total. The lowest BCUT2D eigenvalue weighted by atomic mass is 9.91. The summed E-state index contributed by atoms with van der Waals surface area (Å²) in [6.07, 6.45) is 1.86. The smallest absolute Gasteiger partial charge is 0.164 e. The normalized spacial score (nSPS) is 11.3. The van der Waals surface area contributed by atoms with Crippen molar-refractivity contribution in [1.82, 2.24) is 24.9 Å². The van der Waals surface area contributed by atoms with Crippen LogP contribution in [-0.2, 0) is 0 Å². The zero-order valence-electron chi connectivity index (χ0n) is 26.2. The fraction of sp³-hybridized carbons (Fsp3) is 0. The van der Waals surface area contributed by atoms with Gasteiger partial charge in [-0.1, -0.05) is 133 Å². The Kier molecular flexibility index (Phi) is 7.26. The van der Waals surface area contributed by atoms with Gasteiger partial charge in [0.2, 0.25) is 0 Å². The predicted octanol–water partition coefficient (Wildman–Crippen LogP) is 11.0. The molecule has 0 amide bonds. The van der Waals surface area contributed by atoms with Gasteiger partial charge in [-0.2, -0.15) is 0 Å².